The topological polar surface area (TPSA) is 49.9 Å². The minimum absolute atomic E-state index is 0.00681. The Morgan fingerprint density at radius 1 is 1.13 bits per heavy atom. The maximum absolute atomic E-state index is 13.9. The molecule has 0 N–H and O–H groups in total. The van der Waals surface area contributed by atoms with Gasteiger partial charge in [0.15, 0.2) is 0 Å². The van der Waals surface area contributed by atoms with E-state index in [4.69, 9.17) is 4.74 Å². The Morgan fingerprint density at radius 3 is 2.48 bits per heavy atom. The van der Waals surface area contributed by atoms with Gasteiger partial charge in [-0.2, -0.15) is 0 Å². The van der Waals surface area contributed by atoms with Gasteiger partial charge in [-0.3, -0.25) is 9.59 Å². The van der Waals surface area contributed by atoms with E-state index in [1.54, 1.807) is 30.2 Å². The monoisotopic (exact) mass is 426 g/mol. The van der Waals surface area contributed by atoms with Crippen molar-refractivity contribution < 1.29 is 18.7 Å². The first-order chi connectivity index (χ1) is 15.0. The molecule has 2 aromatic carbocycles. The molecule has 2 aromatic rings. The fourth-order valence-corrected chi connectivity index (χ4v) is 4.29. The molecule has 2 amide bonds. The molecule has 0 bridgehead atoms. The van der Waals surface area contributed by atoms with E-state index in [0.717, 1.165) is 24.0 Å². The molecule has 1 aliphatic rings. The first kappa shape index (κ1) is 22.9. The summed E-state index contributed by atoms with van der Waals surface area (Å²) in [4.78, 5) is 30.9. The highest BCUT2D eigenvalue weighted by atomic mass is 19.1. The molecule has 0 aliphatic carbocycles. The molecule has 2 atom stereocenters. The number of ether oxygens (including phenoxy) is 1. The highest BCUT2D eigenvalue weighted by Gasteiger charge is 2.45. The maximum atomic E-state index is 13.9. The van der Waals surface area contributed by atoms with Gasteiger partial charge in [-0.15, -0.1) is 0 Å². The molecular weight excluding hydrogens is 395 g/mol. The zero-order valence-corrected chi connectivity index (χ0v) is 18.5. The molecule has 31 heavy (non-hydrogen) atoms. The predicted molar refractivity (Wildman–Crippen MR) is 118 cm³/mol. The van der Waals surface area contributed by atoms with E-state index in [9.17, 15) is 14.0 Å². The molecule has 1 aliphatic heterocycles. The third-order valence-corrected chi connectivity index (χ3v) is 5.93. The number of carbonyl (C=O) groups is 2. The Bertz CT molecular complexity index is 900. The van der Waals surface area contributed by atoms with Crippen molar-refractivity contribution in [1.29, 1.82) is 0 Å². The average molecular weight is 427 g/mol. The standard InChI is InChI=1S/C25H31FN2O3/c1-4-6-15-27(5-2)25(30)22-20-9-7-8-10-21(20)24(29)28(16-17-31-3)23(22)18-11-13-19(26)14-12-18/h7-14,22-23H,4-6,15-17H2,1-3H3/t22-,23+/m1/s1. The summed E-state index contributed by atoms with van der Waals surface area (Å²) in [6, 6.07) is 12.9. The van der Waals surface area contributed by atoms with Crippen LogP contribution in [0.1, 0.15) is 60.1 Å². The Hall–Kier alpha value is -2.73. The van der Waals surface area contributed by atoms with Crippen LogP contribution in [-0.2, 0) is 9.53 Å². The van der Waals surface area contributed by atoms with Gasteiger partial charge in [0, 0.05) is 32.3 Å². The van der Waals surface area contributed by atoms with Crippen LogP contribution in [0.5, 0.6) is 0 Å². The van der Waals surface area contributed by atoms with Crippen molar-refractivity contribution in [2.45, 2.75) is 38.6 Å². The van der Waals surface area contributed by atoms with Crippen LogP contribution in [0.15, 0.2) is 48.5 Å². The smallest absolute Gasteiger partial charge is 0.254 e. The van der Waals surface area contributed by atoms with Crippen molar-refractivity contribution >= 4 is 11.8 Å². The largest absolute Gasteiger partial charge is 0.383 e. The van der Waals surface area contributed by atoms with Crippen LogP contribution in [0, 0.1) is 5.82 Å². The van der Waals surface area contributed by atoms with Crippen molar-refractivity contribution in [3.05, 3.63) is 71.0 Å². The van der Waals surface area contributed by atoms with Gasteiger partial charge >= 0.3 is 0 Å². The molecule has 0 fully saturated rings. The van der Waals surface area contributed by atoms with Crippen molar-refractivity contribution in [3.63, 3.8) is 0 Å². The van der Waals surface area contributed by atoms with Gasteiger partial charge in [-0.1, -0.05) is 43.7 Å². The molecule has 0 saturated heterocycles. The van der Waals surface area contributed by atoms with E-state index in [2.05, 4.69) is 6.92 Å². The second kappa shape index (κ2) is 10.5. The lowest BCUT2D eigenvalue weighted by Crippen LogP contribution is -2.49. The number of nitrogens with zero attached hydrogens (tertiary/aromatic N) is 2. The molecule has 0 unspecified atom stereocenters. The summed E-state index contributed by atoms with van der Waals surface area (Å²) in [5, 5.41) is 0. The summed E-state index contributed by atoms with van der Waals surface area (Å²) in [6.07, 6.45) is 1.91. The lowest BCUT2D eigenvalue weighted by atomic mass is 9.78. The molecule has 0 radical (unpaired) electrons. The Kier molecular flexibility index (Phi) is 7.80. The van der Waals surface area contributed by atoms with E-state index in [0.29, 0.717) is 31.8 Å². The SMILES string of the molecule is CCCCN(CC)C(=O)[C@@H]1c2ccccc2C(=O)N(CCOC)[C@H]1c1ccc(F)cc1. The number of methoxy groups -OCH3 is 1. The molecule has 166 valence electrons. The summed E-state index contributed by atoms with van der Waals surface area (Å²) in [7, 11) is 1.58. The third-order valence-electron chi connectivity index (χ3n) is 5.93. The number of likely N-dealkylation sites (N-methyl/N-ethyl adjacent to an activating group) is 1. The van der Waals surface area contributed by atoms with E-state index < -0.39 is 12.0 Å². The average Bonchev–Trinajstić information content (AvgIpc) is 2.79. The Balaban J connectivity index is 2.15. The summed E-state index contributed by atoms with van der Waals surface area (Å²) in [5.41, 5.74) is 2.02. The zero-order valence-electron chi connectivity index (χ0n) is 18.5. The summed E-state index contributed by atoms with van der Waals surface area (Å²) >= 11 is 0. The number of hydrogen-bond acceptors (Lipinski definition) is 3. The number of amides is 2. The third kappa shape index (κ3) is 4.79. The minimum atomic E-state index is -0.562. The highest BCUT2D eigenvalue weighted by molar-refractivity contribution is 6.01. The predicted octanol–water partition coefficient (Wildman–Crippen LogP) is 4.40. The Morgan fingerprint density at radius 2 is 1.84 bits per heavy atom. The maximum Gasteiger partial charge on any atom is 0.254 e. The van der Waals surface area contributed by atoms with Gasteiger partial charge < -0.3 is 14.5 Å². The molecule has 0 saturated carbocycles. The number of unbranched alkanes of at least 4 members (excludes halogenated alkanes) is 1. The van der Waals surface area contributed by atoms with Gasteiger partial charge in [-0.05, 0) is 42.7 Å². The number of rotatable bonds is 9. The summed E-state index contributed by atoms with van der Waals surface area (Å²) in [5.74, 6) is -1.06. The number of hydrogen-bond donors (Lipinski definition) is 0. The number of fused-ring (bicyclic) bond motifs is 1. The fraction of sp³-hybridized carbons (Fsp3) is 0.440. The summed E-state index contributed by atoms with van der Waals surface area (Å²) in [6.45, 7) is 6.03. The number of carbonyl (C=O) groups excluding carboxylic acids is 2. The van der Waals surface area contributed by atoms with Gasteiger partial charge in [-0.25, -0.2) is 4.39 Å². The van der Waals surface area contributed by atoms with E-state index in [1.165, 1.54) is 12.1 Å². The number of benzene rings is 2. The molecule has 0 spiro atoms. The van der Waals surface area contributed by atoms with Gasteiger partial charge in [0.05, 0.1) is 18.6 Å². The van der Waals surface area contributed by atoms with E-state index in [1.807, 2.05) is 30.0 Å². The second-order valence-corrected chi connectivity index (χ2v) is 7.82. The highest BCUT2D eigenvalue weighted by Crippen LogP contribution is 2.43. The molecule has 1 heterocycles. The normalized spacial score (nSPS) is 18.1. The molecular formula is C25H31FN2O3. The van der Waals surface area contributed by atoms with Crippen molar-refractivity contribution in [2.75, 3.05) is 33.4 Å². The van der Waals surface area contributed by atoms with Crippen LogP contribution in [0.3, 0.4) is 0 Å². The first-order valence-corrected chi connectivity index (χ1v) is 11.0. The Labute approximate surface area is 183 Å². The van der Waals surface area contributed by atoms with Gasteiger partial charge in [0.2, 0.25) is 5.91 Å². The van der Waals surface area contributed by atoms with Gasteiger partial charge in [0.25, 0.3) is 5.91 Å². The van der Waals surface area contributed by atoms with E-state index in [-0.39, 0.29) is 17.6 Å². The molecule has 6 heteroatoms. The van der Waals surface area contributed by atoms with Crippen molar-refractivity contribution in [2.24, 2.45) is 0 Å². The fourth-order valence-electron chi connectivity index (χ4n) is 4.29. The van der Waals surface area contributed by atoms with Crippen LogP contribution in [0.4, 0.5) is 4.39 Å². The lowest BCUT2D eigenvalue weighted by molar-refractivity contribution is -0.134. The van der Waals surface area contributed by atoms with Crippen LogP contribution in [0.2, 0.25) is 0 Å². The minimum Gasteiger partial charge on any atom is -0.383 e. The second-order valence-electron chi connectivity index (χ2n) is 7.82. The van der Waals surface area contributed by atoms with Crippen molar-refractivity contribution in [3.8, 4) is 0 Å². The summed E-state index contributed by atoms with van der Waals surface area (Å²) < 4.78 is 18.9. The van der Waals surface area contributed by atoms with Crippen molar-refractivity contribution in [1.82, 2.24) is 9.80 Å². The first-order valence-electron chi connectivity index (χ1n) is 11.0. The molecule has 0 aromatic heterocycles. The van der Waals surface area contributed by atoms with E-state index >= 15 is 0 Å². The van der Waals surface area contributed by atoms with Crippen LogP contribution in [0.25, 0.3) is 0 Å². The van der Waals surface area contributed by atoms with Crippen LogP contribution >= 0.6 is 0 Å². The van der Waals surface area contributed by atoms with Crippen LogP contribution < -0.4 is 0 Å². The van der Waals surface area contributed by atoms with Crippen LogP contribution in [-0.4, -0.2) is 55.0 Å². The zero-order chi connectivity index (χ0) is 22.4. The quantitative estimate of drug-likeness (QED) is 0.597. The number of halogens is 1. The van der Waals surface area contributed by atoms with Gasteiger partial charge in [0.1, 0.15) is 5.82 Å². The lowest BCUT2D eigenvalue weighted by Gasteiger charge is -2.43. The molecule has 5 nitrogen and oxygen atoms in total. The molecule has 3 rings (SSSR count).